The average Bonchev–Trinajstić information content (AvgIpc) is 3.89. The zero-order chi connectivity index (χ0) is 30.9. The number of likely N-dealkylation sites (N-methyl/N-ethyl adjacent to an activating group) is 1. The van der Waals surface area contributed by atoms with Gasteiger partial charge in [0, 0.05) is 88.0 Å². The van der Waals surface area contributed by atoms with E-state index in [0.717, 1.165) is 80.4 Å². The Morgan fingerprint density at radius 3 is 2.31 bits per heavy atom. The van der Waals surface area contributed by atoms with Crippen molar-refractivity contribution in [1.29, 1.82) is 0 Å². The molecule has 0 unspecified atom stereocenters. The summed E-state index contributed by atoms with van der Waals surface area (Å²) >= 11 is 0. The molecule has 3 heterocycles. The van der Waals surface area contributed by atoms with Gasteiger partial charge < -0.3 is 30.1 Å². The minimum Gasteiger partial charge on any atom is -0.381 e. The lowest BCUT2D eigenvalue weighted by Gasteiger charge is -2.45. The average molecular weight is 615 g/mol. The molecule has 3 aliphatic heterocycles. The van der Waals surface area contributed by atoms with E-state index in [9.17, 15) is 9.59 Å². The molecule has 0 spiro atoms. The van der Waals surface area contributed by atoms with Crippen molar-refractivity contribution in [2.75, 3.05) is 68.1 Å². The second kappa shape index (κ2) is 13.3. The number of hydrogen-bond donors (Lipinski definition) is 2. The second-order valence-corrected chi connectivity index (χ2v) is 14.0. The van der Waals surface area contributed by atoms with Crippen molar-refractivity contribution >= 4 is 34.6 Å². The first kappa shape index (κ1) is 30.5. The van der Waals surface area contributed by atoms with Gasteiger partial charge in [-0.3, -0.25) is 14.5 Å². The van der Waals surface area contributed by atoms with Gasteiger partial charge in [-0.15, -0.1) is 0 Å². The Hall–Kier alpha value is -3.14. The predicted octanol–water partition coefficient (Wildman–Crippen LogP) is 4.85. The van der Waals surface area contributed by atoms with Crippen LogP contribution in [-0.4, -0.2) is 98.8 Å². The van der Waals surface area contributed by atoms with Crippen molar-refractivity contribution in [3.8, 4) is 0 Å². The number of carbonyl (C=O) groups is 2. The van der Waals surface area contributed by atoms with Gasteiger partial charge in [-0.2, -0.15) is 0 Å². The highest BCUT2D eigenvalue weighted by Gasteiger charge is 2.38. The van der Waals surface area contributed by atoms with E-state index in [2.05, 4.69) is 31.4 Å². The van der Waals surface area contributed by atoms with Crippen molar-refractivity contribution < 1.29 is 14.3 Å². The smallest absolute Gasteiger partial charge is 0.251 e. The highest BCUT2D eigenvalue weighted by molar-refractivity contribution is 6.05. The van der Waals surface area contributed by atoms with Crippen LogP contribution in [0.5, 0.6) is 0 Å². The lowest BCUT2D eigenvalue weighted by atomic mass is 9.89. The molecular formula is C36H50N6O3. The first-order valence-corrected chi connectivity index (χ1v) is 17.3. The summed E-state index contributed by atoms with van der Waals surface area (Å²) in [5.41, 5.74) is 4.47. The van der Waals surface area contributed by atoms with Crippen LogP contribution in [0.4, 0.5) is 22.7 Å². The second-order valence-electron chi connectivity index (χ2n) is 14.0. The number of carbonyl (C=O) groups excluding carboxylic acids is 2. The Morgan fingerprint density at radius 1 is 0.844 bits per heavy atom. The van der Waals surface area contributed by atoms with E-state index in [1.54, 1.807) is 4.90 Å². The van der Waals surface area contributed by atoms with Crippen LogP contribution < -0.4 is 20.4 Å². The summed E-state index contributed by atoms with van der Waals surface area (Å²) in [5.74, 6) is 1.09. The molecule has 242 valence electrons. The Labute approximate surface area is 268 Å². The minimum atomic E-state index is -0.231. The third kappa shape index (κ3) is 6.86. The van der Waals surface area contributed by atoms with Gasteiger partial charge in [0.05, 0.1) is 11.4 Å². The highest BCUT2D eigenvalue weighted by Crippen LogP contribution is 2.41. The molecule has 2 saturated heterocycles. The molecule has 2 saturated carbocycles. The van der Waals surface area contributed by atoms with Gasteiger partial charge in [-0.05, 0) is 101 Å². The van der Waals surface area contributed by atoms with E-state index < -0.39 is 0 Å². The van der Waals surface area contributed by atoms with Gasteiger partial charge >= 0.3 is 0 Å². The zero-order valence-electron chi connectivity index (χ0n) is 27.0. The molecule has 0 bridgehead atoms. The number of rotatable bonds is 8. The van der Waals surface area contributed by atoms with E-state index in [1.807, 2.05) is 50.4 Å². The summed E-state index contributed by atoms with van der Waals surface area (Å²) in [4.78, 5) is 35.9. The molecular weight excluding hydrogens is 564 g/mol. The van der Waals surface area contributed by atoms with Gasteiger partial charge in [-0.1, -0.05) is 6.07 Å². The third-order valence-electron chi connectivity index (χ3n) is 10.9. The predicted molar refractivity (Wildman–Crippen MR) is 180 cm³/mol. The Kier molecular flexibility index (Phi) is 9.02. The summed E-state index contributed by atoms with van der Waals surface area (Å²) in [6.45, 7) is 9.58. The molecule has 2 aromatic carbocycles. The summed E-state index contributed by atoms with van der Waals surface area (Å²) in [5, 5.41) is 6.87. The SMILES string of the molecule is C[C@@H]1C(=O)N(C)c2ccc(Nc3cccc(C(=O)NC4CCC(N5CCN(CC6CC6)CC5)CC4)c3)cc2N1C1CCOCC1. The number of nitrogens with zero attached hydrogens (tertiary/aromatic N) is 4. The minimum absolute atomic E-state index is 0.000820. The number of anilines is 4. The molecule has 7 rings (SSSR count). The molecule has 0 aromatic heterocycles. The number of nitrogens with one attached hydrogen (secondary N) is 2. The van der Waals surface area contributed by atoms with Crippen LogP contribution in [-0.2, 0) is 9.53 Å². The number of amides is 2. The lowest BCUT2D eigenvalue weighted by Crippen LogP contribution is -2.55. The molecule has 0 radical (unpaired) electrons. The maximum absolute atomic E-state index is 13.3. The van der Waals surface area contributed by atoms with Gasteiger partial charge in [-0.25, -0.2) is 0 Å². The molecule has 45 heavy (non-hydrogen) atoms. The van der Waals surface area contributed by atoms with Crippen LogP contribution in [0.1, 0.15) is 68.6 Å². The number of benzene rings is 2. The molecule has 1 atom stereocenters. The zero-order valence-corrected chi connectivity index (χ0v) is 27.0. The fraction of sp³-hybridized carbons (Fsp3) is 0.611. The van der Waals surface area contributed by atoms with E-state index in [1.165, 1.54) is 45.6 Å². The third-order valence-corrected chi connectivity index (χ3v) is 10.9. The number of ether oxygens (including phenoxy) is 1. The van der Waals surface area contributed by atoms with Crippen molar-refractivity contribution in [2.24, 2.45) is 5.92 Å². The van der Waals surface area contributed by atoms with Crippen molar-refractivity contribution in [3.63, 3.8) is 0 Å². The van der Waals surface area contributed by atoms with Gasteiger partial charge in [0.2, 0.25) is 5.91 Å². The summed E-state index contributed by atoms with van der Waals surface area (Å²) < 4.78 is 5.62. The van der Waals surface area contributed by atoms with Crippen molar-refractivity contribution in [2.45, 2.75) is 82.5 Å². The summed E-state index contributed by atoms with van der Waals surface area (Å²) in [7, 11) is 1.86. The van der Waals surface area contributed by atoms with Gasteiger partial charge in [0.1, 0.15) is 6.04 Å². The van der Waals surface area contributed by atoms with Crippen LogP contribution in [0.15, 0.2) is 42.5 Å². The lowest BCUT2D eigenvalue weighted by molar-refractivity contribution is -0.119. The van der Waals surface area contributed by atoms with Crippen LogP contribution in [0.2, 0.25) is 0 Å². The first-order valence-electron chi connectivity index (χ1n) is 17.3. The maximum Gasteiger partial charge on any atom is 0.251 e. The van der Waals surface area contributed by atoms with Gasteiger partial charge in [0.15, 0.2) is 0 Å². The first-order chi connectivity index (χ1) is 21.9. The molecule has 9 heteroatoms. The molecule has 2 aliphatic carbocycles. The van der Waals surface area contributed by atoms with Crippen molar-refractivity contribution in [3.05, 3.63) is 48.0 Å². The summed E-state index contributed by atoms with van der Waals surface area (Å²) in [6, 6.07) is 14.9. The standard InChI is InChI=1S/C36H50N6O3/c1-25-36(44)39(2)33-13-10-30(23-34(33)42(25)32-14-20-45-21-15-32)37-29-5-3-4-27(22-29)35(43)38-28-8-11-31(12-9-28)41-18-16-40(17-19-41)24-26-6-7-26/h3-5,10,13,22-23,25-26,28,31-32,37H,6-9,11-12,14-21,24H2,1-2H3,(H,38,43)/t25-,28?,31?/m1/s1. The number of fused-ring (bicyclic) bond motifs is 1. The van der Waals surface area contributed by atoms with Gasteiger partial charge in [0.25, 0.3) is 5.91 Å². The topological polar surface area (TPSA) is 80.4 Å². The quantitative estimate of drug-likeness (QED) is 0.440. The molecule has 5 aliphatic rings. The van der Waals surface area contributed by atoms with Crippen LogP contribution >= 0.6 is 0 Å². The normalized spacial score (nSPS) is 26.9. The largest absolute Gasteiger partial charge is 0.381 e. The van der Waals surface area contributed by atoms with Crippen LogP contribution in [0.3, 0.4) is 0 Å². The van der Waals surface area contributed by atoms with Crippen LogP contribution in [0.25, 0.3) is 0 Å². The summed E-state index contributed by atoms with van der Waals surface area (Å²) in [6.07, 6.45) is 9.11. The molecule has 4 fully saturated rings. The Bertz CT molecular complexity index is 1360. The fourth-order valence-electron chi connectivity index (χ4n) is 8.03. The van der Waals surface area contributed by atoms with E-state index in [4.69, 9.17) is 4.74 Å². The maximum atomic E-state index is 13.3. The van der Waals surface area contributed by atoms with E-state index >= 15 is 0 Å². The van der Waals surface area contributed by atoms with Crippen molar-refractivity contribution in [1.82, 2.24) is 15.1 Å². The molecule has 2 amide bonds. The number of piperazine rings is 1. The molecule has 9 nitrogen and oxygen atoms in total. The fourth-order valence-corrected chi connectivity index (χ4v) is 8.03. The van der Waals surface area contributed by atoms with E-state index in [0.29, 0.717) is 11.6 Å². The van der Waals surface area contributed by atoms with Crippen LogP contribution in [0, 0.1) is 5.92 Å². The Balaban J connectivity index is 0.955. The Morgan fingerprint density at radius 2 is 1.58 bits per heavy atom. The molecule has 2 aromatic rings. The van der Waals surface area contributed by atoms with E-state index in [-0.39, 0.29) is 29.9 Å². The molecule has 2 N–H and O–H groups in total. The highest BCUT2D eigenvalue weighted by atomic mass is 16.5. The number of hydrogen-bond acceptors (Lipinski definition) is 7. The monoisotopic (exact) mass is 614 g/mol.